The van der Waals surface area contributed by atoms with Crippen LogP contribution in [0.2, 0.25) is 0 Å². The third-order valence-electron chi connectivity index (χ3n) is 3.56. The fourth-order valence-corrected chi connectivity index (χ4v) is 2.56. The van der Waals surface area contributed by atoms with Crippen molar-refractivity contribution in [1.82, 2.24) is 14.9 Å². The SMILES string of the molecule is CN(C1CCCC1)C(CN)c1ccncn1. The van der Waals surface area contributed by atoms with E-state index in [1.165, 1.54) is 25.7 Å². The third-order valence-corrected chi connectivity index (χ3v) is 3.56. The van der Waals surface area contributed by atoms with Gasteiger partial charge in [0.2, 0.25) is 0 Å². The first-order valence-electron chi connectivity index (χ1n) is 6.01. The van der Waals surface area contributed by atoms with Gasteiger partial charge in [0.15, 0.2) is 0 Å². The minimum absolute atomic E-state index is 0.228. The van der Waals surface area contributed by atoms with Crippen molar-refractivity contribution in [3.8, 4) is 0 Å². The number of hydrogen-bond acceptors (Lipinski definition) is 4. The van der Waals surface area contributed by atoms with E-state index in [4.69, 9.17) is 5.73 Å². The Balaban J connectivity index is 2.09. The molecule has 88 valence electrons. The molecule has 1 atom stereocenters. The molecule has 2 rings (SSSR count). The highest BCUT2D eigenvalue weighted by atomic mass is 15.2. The van der Waals surface area contributed by atoms with Crippen molar-refractivity contribution < 1.29 is 0 Å². The van der Waals surface area contributed by atoms with E-state index in [1.807, 2.05) is 6.07 Å². The topological polar surface area (TPSA) is 55.0 Å². The van der Waals surface area contributed by atoms with Gasteiger partial charge in [0.1, 0.15) is 6.33 Å². The van der Waals surface area contributed by atoms with Gasteiger partial charge in [-0.3, -0.25) is 4.90 Å². The second-order valence-electron chi connectivity index (χ2n) is 4.49. The molecule has 4 heteroatoms. The fourth-order valence-electron chi connectivity index (χ4n) is 2.56. The van der Waals surface area contributed by atoms with E-state index in [1.54, 1.807) is 12.5 Å². The maximum absolute atomic E-state index is 5.87. The van der Waals surface area contributed by atoms with Crippen molar-refractivity contribution in [3.63, 3.8) is 0 Å². The zero-order valence-corrected chi connectivity index (χ0v) is 9.84. The summed E-state index contributed by atoms with van der Waals surface area (Å²) in [5, 5.41) is 0. The average molecular weight is 220 g/mol. The van der Waals surface area contributed by atoms with E-state index in [-0.39, 0.29) is 6.04 Å². The fraction of sp³-hybridized carbons (Fsp3) is 0.667. The number of nitrogens with zero attached hydrogens (tertiary/aromatic N) is 3. The Labute approximate surface area is 96.9 Å². The molecule has 0 spiro atoms. The van der Waals surface area contributed by atoms with Gasteiger partial charge in [0, 0.05) is 18.8 Å². The van der Waals surface area contributed by atoms with Crippen LogP contribution in [0.25, 0.3) is 0 Å². The molecule has 0 bridgehead atoms. The summed E-state index contributed by atoms with van der Waals surface area (Å²) < 4.78 is 0. The van der Waals surface area contributed by atoms with E-state index in [2.05, 4.69) is 21.9 Å². The van der Waals surface area contributed by atoms with Crippen LogP contribution in [0.4, 0.5) is 0 Å². The highest BCUT2D eigenvalue weighted by Gasteiger charge is 2.26. The van der Waals surface area contributed by atoms with Gasteiger partial charge in [-0.1, -0.05) is 12.8 Å². The quantitative estimate of drug-likeness (QED) is 0.832. The van der Waals surface area contributed by atoms with Gasteiger partial charge in [-0.25, -0.2) is 9.97 Å². The summed E-state index contributed by atoms with van der Waals surface area (Å²) in [6.45, 7) is 0.615. The normalized spacial score (nSPS) is 19.2. The Bertz CT molecular complexity index is 308. The van der Waals surface area contributed by atoms with Crippen LogP contribution >= 0.6 is 0 Å². The van der Waals surface area contributed by atoms with Crippen LogP contribution in [0.15, 0.2) is 18.6 Å². The second kappa shape index (κ2) is 5.37. The molecule has 0 radical (unpaired) electrons. The van der Waals surface area contributed by atoms with Crippen LogP contribution in [0, 0.1) is 0 Å². The molecule has 2 N–H and O–H groups in total. The molecule has 0 aromatic carbocycles. The summed E-state index contributed by atoms with van der Waals surface area (Å²) in [7, 11) is 2.16. The molecule has 1 heterocycles. The van der Waals surface area contributed by atoms with Gasteiger partial charge < -0.3 is 5.73 Å². The maximum atomic E-state index is 5.87. The van der Waals surface area contributed by atoms with Crippen molar-refractivity contribution in [2.45, 2.75) is 37.8 Å². The lowest BCUT2D eigenvalue weighted by molar-refractivity contribution is 0.176. The Morgan fingerprint density at radius 2 is 2.25 bits per heavy atom. The summed E-state index contributed by atoms with van der Waals surface area (Å²) in [5.41, 5.74) is 6.91. The molecule has 0 amide bonds. The second-order valence-corrected chi connectivity index (χ2v) is 4.49. The van der Waals surface area contributed by atoms with E-state index in [9.17, 15) is 0 Å². The summed E-state index contributed by atoms with van der Waals surface area (Å²) in [6, 6.07) is 2.86. The number of likely N-dealkylation sites (N-methyl/N-ethyl adjacent to an activating group) is 1. The predicted molar refractivity (Wildman–Crippen MR) is 63.8 cm³/mol. The molecule has 1 aromatic rings. The molecule has 0 saturated heterocycles. The van der Waals surface area contributed by atoms with Gasteiger partial charge >= 0.3 is 0 Å². The lowest BCUT2D eigenvalue weighted by atomic mass is 10.1. The van der Waals surface area contributed by atoms with Crippen molar-refractivity contribution in [1.29, 1.82) is 0 Å². The Morgan fingerprint density at radius 1 is 1.50 bits per heavy atom. The lowest BCUT2D eigenvalue weighted by Gasteiger charge is -2.31. The molecule has 0 aliphatic heterocycles. The van der Waals surface area contributed by atoms with Gasteiger partial charge in [0.25, 0.3) is 0 Å². The van der Waals surface area contributed by atoms with Crippen molar-refractivity contribution in [2.24, 2.45) is 5.73 Å². The Morgan fingerprint density at radius 3 is 2.81 bits per heavy atom. The maximum Gasteiger partial charge on any atom is 0.115 e. The summed E-state index contributed by atoms with van der Waals surface area (Å²) >= 11 is 0. The highest BCUT2D eigenvalue weighted by molar-refractivity contribution is 5.06. The average Bonchev–Trinajstić information content (AvgIpc) is 2.85. The van der Waals surface area contributed by atoms with Crippen LogP contribution in [0.5, 0.6) is 0 Å². The van der Waals surface area contributed by atoms with Crippen molar-refractivity contribution in [2.75, 3.05) is 13.6 Å². The lowest BCUT2D eigenvalue weighted by Crippen LogP contribution is -2.37. The van der Waals surface area contributed by atoms with Crippen LogP contribution in [-0.4, -0.2) is 34.5 Å². The van der Waals surface area contributed by atoms with E-state index in [0.29, 0.717) is 12.6 Å². The van der Waals surface area contributed by atoms with E-state index >= 15 is 0 Å². The first-order valence-corrected chi connectivity index (χ1v) is 6.01. The molecule has 1 fully saturated rings. The third kappa shape index (κ3) is 2.39. The van der Waals surface area contributed by atoms with E-state index in [0.717, 1.165) is 5.69 Å². The van der Waals surface area contributed by atoms with Crippen LogP contribution in [-0.2, 0) is 0 Å². The van der Waals surface area contributed by atoms with Crippen LogP contribution < -0.4 is 5.73 Å². The molecular weight excluding hydrogens is 200 g/mol. The Hall–Kier alpha value is -1.00. The predicted octanol–water partition coefficient (Wildman–Crippen LogP) is 1.35. The molecule has 1 aliphatic carbocycles. The minimum Gasteiger partial charge on any atom is -0.329 e. The van der Waals surface area contributed by atoms with Gasteiger partial charge in [-0.15, -0.1) is 0 Å². The van der Waals surface area contributed by atoms with Gasteiger partial charge in [-0.2, -0.15) is 0 Å². The number of rotatable bonds is 4. The standard InChI is InChI=1S/C12H20N4/c1-16(10-4-2-3-5-10)12(8-13)11-6-7-14-9-15-11/h6-7,9-10,12H,2-5,8,13H2,1H3. The largest absolute Gasteiger partial charge is 0.329 e. The molecule has 16 heavy (non-hydrogen) atoms. The number of aromatic nitrogens is 2. The highest BCUT2D eigenvalue weighted by Crippen LogP contribution is 2.28. The summed E-state index contributed by atoms with van der Waals surface area (Å²) in [5.74, 6) is 0. The Kier molecular flexibility index (Phi) is 3.85. The monoisotopic (exact) mass is 220 g/mol. The first kappa shape index (κ1) is 11.5. The molecule has 1 saturated carbocycles. The molecule has 1 aromatic heterocycles. The van der Waals surface area contributed by atoms with Gasteiger partial charge in [-0.05, 0) is 26.0 Å². The zero-order valence-electron chi connectivity index (χ0n) is 9.84. The van der Waals surface area contributed by atoms with Gasteiger partial charge in [0.05, 0.1) is 11.7 Å². The van der Waals surface area contributed by atoms with Crippen molar-refractivity contribution >= 4 is 0 Å². The summed E-state index contributed by atoms with van der Waals surface area (Å²) in [6.07, 6.45) is 8.65. The van der Waals surface area contributed by atoms with Crippen molar-refractivity contribution in [3.05, 3.63) is 24.3 Å². The zero-order chi connectivity index (χ0) is 11.4. The first-order chi connectivity index (χ1) is 7.83. The summed E-state index contributed by atoms with van der Waals surface area (Å²) in [4.78, 5) is 10.6. The van der Waals surface area contributed by atoms with Crippen LogP contribution in [0.1, 0.15) is 37.4 Å². The van der Waals surface area contributed by atoms with E-state index < -0.39 is 0 Å². The molecule has 1 unspecified atom stereocenters. The smallest absolute Gasteiger partial charge is 0.115 e. The minimum atomic E-state index is 0.228. The number of nitrogens with two attached hydrogens (primary N) is 1. The molecule has 1 aliphatic rings. The molecule has 4 nitrogen and oxygen atoms in total. The number of hydrogen-bond donors (Lipinski definition) is 1. The molecular formula is C12H20N4. The van der Waals surface area contributed by atoms with Crippen LogP contribution in [0.3, 0.4) is 0 Å².